The number of carbonyl (C=O) groups excluding carboxylic acids is 1. The van der Waals surface area contributed by atoms with Gasteiger partial charge in [0, 0.05) is 50.7 Å². The SMILES string of the molecule is O=C(O)c1ccc(CN2C=NC3=C(C2)CN(C(=O)OCn2ccnc2)CC3)cc1. The second-order valence-corrected chi connectivity index (χ2v) is 6.99. The number of ether oxygens (including phenoxy) is 1. The quantitative estimate of drug-likeness (QED) is 0.833. The van der Waals surface area contributed by atoms with Gasteiger partial charge < -0.3 is 24.2 Å². The average Bonchev–Trinajstić information content (AvgIpc) is 3.25. The standard InChI is InChI=1S/C20H21N5O4/c26-19(27)16-3-1-15(2-4-16)9-24-10-17-11-25(7-5-18(17)22-13-24)20(28)29-14-23-8-6-21-12-23/h1-4,6,8,12-13H,5,7,9-11,14H2,(H,26,27). The van der Waals surface area contributed by atoms with Crippen molar-refractivity contribution in [3.63, 3.8) is 0 Å². The zero-order chi connectivity index (χ0) is 20.2. The molecule has 0 atom stereocenters. The summed E-state index contributed by atoms with van der Waals surface area (Å²) in [4.78, 5) is 35.6. The van der Waals surface area contributed by atoms with Crippen LogP contribution in [-0.4, -0.2) is 62.5 Å². The van der Waals surface area contributed by atoms with Crippen LogP contribution in [0.4, 0.5) is 4.79 Å². The van der Waals surface area contributed by atoms with Crippen LogP contribution in [0.5, 0.6) is 0 Å². The number of carboxylic acids is 1. The fraction of sp³-hybridized carbons (Fsp3) is 0.300. The van der Waals surface area contributed by atoms with Crippen molar-refractivity contribution in [3.05, 3.63) is 65.4 Å². The van der Waals surface area contributed by atoms with E-state index in [4.69, 9.17) is 9.84 Å². The van der Waals surface area contributed by atoms with Gasteiger partial charge >= 0.3 is 12.1 Å². The Balaban J connectivity index is 1.33. The van der Waals surface area contributed by atoms with Crippen molar-refractivity contribution in [2.75, 3.05) is 19.6 Å². The van der Waals surface area contributed by atoms with Gasteiger partial charge in [0.15, 0.2) is 6.73 Å². The van der Waals surface area contributed by atoms with E-state index in [2.05, 4.69) is 14.9 Å². The maximum Gasteiger partial charge on any atom is 0.411 e. The Morgan fingerprint density at radius 2 is 2.00 bits per heavy atom. The molecule has 0 fully saturated rings. The molecule has 0 bridgehead atoms. The first-order valence-electron chi connectivity index (χ1n) is 9.27. The van der Waals surface area contributed by atoms with Crippen LogP contribution in [0.3, 0.4) is 0 Å². The predicted molar refractivity (Wildman–Crippen MR) is 104 cm³/mol. The van der Waals surface area contributed by atoms with Gasteiger partial charge in [-0.1, -0.05) is 12.1 Å². The van der Waals surface area contributed by atoms with Gasteiger partial charge in [0.05, 0.1) is 18.2 Å². The van der Waals surface area contributed by atoms with E-state index >= 15 is 0 Å². The van der Waals surface area contributed by atoms with Gasteiger partial charge in [-0.2, -0.15) is 0 Å². The lowest BCUT2D eigenvalue weighted by Gasteiger charge is -2.34. The second-order valence-electron chi connectivity index (χ2n) is 6.99. The topological polar surface area (TPSA) is 100 Å². The van der Waals surface area contributed by atoms with Crippen LogP contribution in [0, 0.1) is 0 Å². The van der Waals surface area contributed by atoms with Gasteiger partial charge in [0.25, 0.3) is 0 Å². The third kappa shape index (κ3) is 4.45. The van der Waals surface area contributed by atoms with Crippen LogP contribution in [0.25, 0.3) is 0 Å². The van der Waals surface area contributed by atoms with Gasteiger partial charge in [-0.25, -0.2) is 19.6 Å². The molecule has 3 heterocycles. The molecule has 150 valence electrons. The monoisotopic (exact) mass is 395 g/mol. The summed E-state index contributed by atoms with van der Waals surface area (Å²) in [5, 5.41) is 9.00. The first kappa shape index (κ1) is 18.7. The Hall–Kier alpha value is -3.62. The maximum absolute atomic E-state index is 12.4. The highest BCUT2D eigenvalue weighted by Crippen LogP contribution is 2.24. The summed E-state index contributed by atoms with van der Waals surface area (Å²) in [5.41, 5.74) is 3.39. The van der Waals surface area contributed by atoms with E-state index in [1.54, 1.807) is 40.3 Å². The minimum atomic E-state index is -0.937. The van der Waals surface area contributed by atoms with Crippen LogP contribution in [-0.2, 0) is 18.0 Å². The lowest BCUT2D eigenvalue weighted by atomic mass is 10.0. The molecule has 0 spiro atoms. The van der Waals surface area contributed by atoms with E-state index in [0.717, 1.165) is 16.8 Å². The van der Waals surface area contributed by atoms with Crippen LogP contribution in [0.2, 0.25) is 0 Å². The molecule has 4 rings (SSSR count). The van der Waals surface area contributed by atoms with Gasteiger partial charge in [0.1, 0.15) is 0 Å². The number of aliphatic imine (C=N–C) groups is 1. The molecule has 9 heteroatoms. The lowest BCUT2D eigenvalue weighted by molar-refractivity contribution is 0.0695. The van der Waals surface area contributed by atoms with E-state index in [1.165, 1.54) is 0 Å². The highest BCUT2D eigenvalue weighted by Gasteiger charge is 2.26. The number of aromatic carboxylic acids is 1. The minimum absolute atomic E-state index is 0.137. The van der Waals surface area contributed by atoms with Gasteiger partial charge in [-0.05, 0) is 23.3 Å². The van der Waals surface area contributed by atoms with Crippen LogP contribution in [0.1, 0.15) is 22.3 Å². The Morgan fingerprint density at radius 3 is 2.72 bits per heavy atom. The van der Waals surface area contributed by atoms with Crippen LogP contribution < -0.4 is 0 Å². The number of aromatic nitrogens is 2. The van der Waals surface area contributed by atoms with Crippen molar-refractivity contribution >= 4 is 18.4 Å². The zero-order valence-electron chi connectivity index (χ0n) is 15.8. The molecule has 0 saturated heterocycles. The van der Waals surface area contributed by atoms with Crippen LogP contribution >= 0.6 is 0 Å². The average molecular weight is 395 g/mol. The molecular formula is C20H21N5O4. The Labute approximate surface area is 167 Å². The van der Waals surface area contributed by atoms with E-state index < -0.39 is 5.97 Å². The summed E-state index contributed by atoms with van der Waals surface area (Å²) < 4.78 is 7.04. The van der Waals surface area contributed by atoms with Gasteiger partial charge in [-0.3, -0.25) is 0 Å². The molecule has 0 aliphatic carbocycles. The molecule has 29 heavy (non-hydrogen) atoms. The fourth-order valence-corrected chi connectivity index (χ4v) is 3.38. The highest BCUT2D eigenvalue weighted by atomic mass is 16.6. The summed E-state index contributed by atoms with van der Waals surface area (Å²) in [7, 11) is 0. The number of carboxylic acid groups (broad SMARTS) is 1. The van der Waals surface area contributed by atoms with Crippen molar-refractivity contribution in [1.29, 1.82) is 0 Å². The molecule has 2 aromatic rings. The Morgan fingerprint density at radius 1 is 1.17 bits per heavy atom. The highest BCUT2D eigenvalue weighted by molar-refractivity contribution is 5.87. The molecule has 0 radical (unpaired) electrons. The molecule has 2 aliphatic rings. The minimum Gasteiger partial charge on any atom is -0.478 e. The maximum atomic E-state index is 12.4. The molecule has 9 nitrogen and oxygen atoms in total. The van der Waals surface area contributed by atoms with Crippen molar-refractivity contribution < 1.29 is 19.4 Å². The number of hydrogen-bond acceptors (Lipinski definition) is 6. The molecule has 1 aromatic heterocycles. The molecule has 0 unspecified atom stereocenters. The number of amides is 1. The van der Waals surface area contributed by atoms with Gasteiger partial charge in [0.2, 0.25) is 0 Å². The summed E-state index contributed by atoms with van der Waals surface area (Å²) in [6.45, 7) is 2.49. The summed E-state index contributed by atoms with van der Waals surface area (Å²) in [6.07, 6.45) is 7.14. The lowest BCUT2D eigenvalue weighted by Crippen LogP contribution is -2.41. The van der Waals surface area contributed by atoms with Crippen molar-refractivity contribution in [1.82, 2.24) is 19.4 Å². The summed E-state index contributed by atoms with van der Waals surface area (Å²) in [6, 6.07) is 6.81. The number of carbonyl (C=O) groups is 2. The molecule has 1 amide bonds. The number of imidazole rings is 1. The van der Waals surface area contributed by atoms with Crippen molar-refractivity contribution in [2.45, 2.75) is 19.7 Å². The number of benzene rings is 1. The predicted octanol–water partition coefficient (Wildman–Crippen LogP) is 2.18. The Kier molecular flexibility index (Phi) is 5.28. The van der Waals surface area contributed by atoms with E-state index in [-0.39, 0.29) is 18.4 Å². The summed E-state index contributed by atoms with van der Waals surface area (Å²) >= 11 is 0. The third-order valence-corrected chi connectivity index (χ3v) is 4.92. The molecule has 1 N–H and O–H groups in total. The van der Waals surface area contributed by atoms with Gasteiger partial charge in [-0.15, -0.1) is 0 Å². The number of nitrogens with zero attached hydrogens (tertiary/aromatic N) is 5. The zero-order valence-corrected chi connectivity index (χ0v) is 15.8. The van der Waals surface area contributed by atoms with Crippen molar-refractivity contribution in [2.24, 2.45) is 4.99 Å². The largest absolute Gasteiger partial charge is 0.478 e. The number of hydrogen-bond donors (Lipinski definition) is 1. The van der Waals surface area contributed by atoms with E-state index in [9.17, 15) is 9.59 Å². The molecule has 2 aliphatic heterocycles. The van der Waals surface area contributed by atoms with Crippen molar-refractivity contribution in [3.8, 4) is 0 Å². The second kappa shape index (κ2) is 8.17. The number of rotatable bonds is 5. The molecule has 0 saturated carbocycles. The summed E-state index contributed by atoms with van der Waals surface area (Å²) in [5.74, 6) is -0.937. The van der Waals surface area contributed by atoms with Crippen LogP contribution in [0.15, 0.2) is 59.2 Å². The third-order valence-electron chi connectivity index (χ3n) is 4.92. The molecular weight excluding hydrogens is 374 g/mol. The fourth-order valence-electron chi connectivity index (χ4n) is 3.38. The molecule has 1 aromatic carbocycles. The smallest absolute Gasteiger partial charge is 0.411 e. The van der Waals surface area contributed by atoms with E-state index in [1.807, 2.05) is 18.5 Å². The Bertz CT molecular complexity index is 950. The first-order valence-corrected chi connectivity index (χ1v) is 9.27. The normalized spacial score (nSPS) is 16.0. The first-order chi connectivity index (χ1) is 14.1. The van der Waals surface area contributed by atoms with E-state index in [0.29, 0.717) is 32.6 Å².